The van der Waals surface area contributed by atoms with Gasteiger partial charge in [-0.3, -0.25) is 14.5 Å². The van der Waals surface area contributed by atoms with Gasteiger partial charge in [-0.05, 0) is 96.6 Å². The van der Waals surface area contributed by atoms with E-state index < -0.39 is 17.7 Å². The summed E-state index contributed by atoms with van der Waals surface area (Å²) in [5.41, 5.74) is 1.83. The van der Waals surface area contributed by atoms with Crippen molar-refractivity contribution >= 4 is 66.7 Å². The van der Waals surface area contributed by atoms with Gasteiger partial charge in [0.15, 0.2) is 5.13 Å². The van der Waals surface area contributed by atoms with Crippen molar-refractivity contribution < 1.29 is 24.2 Å². The number of amides is 1. The van der Waals surface area contributed by atoms with Gasteiger partial charge in [0.2, 0.25) is 0 Å². The Morgan fingerprint density at radius 1 is 0.973 bits per heavy atom. The first-order chi connectivity index (χ1) is 17.9. The molecule has 9 heteroatoms. The molecule has 37 heavy (non-hydrogen) atoms. The number of rotatable bonds is 7. The monoisotopic (exact) mass is 626 g/mol. The highest BCUT2D eigenvalue weighted by Gasteiger charge is 2.48. The Morgan fingerprint density at radius 2 is 1.62 bits per heavy atom. The van der Waals surface area contributed by atoms with Crippen LogP contribution in [0.5, 0.6) is 11.5 Å². The number of halogens is 1. The maximum atomic E-state index is 13.4. The Morgan fingerprint density at radius 3 is 2.30 bits per heavy atom. The largest absolute Gasteiger partial charge is 0.507 e. The number of Topliss-reactive ketones (excluding diaryl/α,β-unsaturated/α-hetero) is 1. The summed E-state index contributed by atoms with van der Waals surface area (Å²) in [4.78, 5) is 32.9. The number of fused-ring (bicyclic) bond motifs is 1. The van der Waals surface area contributed by atoms with Crippen LogP contribution in [0, 0.1) is 3.57 Å². The van der Waals surface area contributed by atoms with Crippen molar-refractivity contribution in [3.63, 3.8) is 0 Å². The normalized spacial score (nSPS) is 16.9. The lowest BCUT2D eigenvalue weighted by atomic mass is 9.95. The fourth-order valence-corrected chi connectivity index (χ4v) is 5.65. The molecule has 5 rings (SSSR count). The van der Waals surface area contributed by atoms with Crippen LogP contribution in [-0.4, -0.2) is 35.0 Å². The molecule has 4 aromatic rings. The summed E-state index contributed by atoms with van der Waals surface area (Å²) in [5.74, 6) is -0.386. The predicted molar refractivity (Wildman–Crippen MR) is 152 cm³/mol. The number of anilines is 1. The molecule has 1 aliphatic rings. The summed E-state index contributed by atoms with van der Waals surface area (Å²) < 4.78 is 12.9. The van der Waals surface area contributed by atoms with E-state index in [4.69, 9.17) is 9.47 Å². The van der Waals surface area contributed by atoms with Gasteiger partial charge in [0.05, 0.1) is 35.0 Å². The van der Waals surface area contributed by atoms with Crippen LogP contribution in [0.2, 0.25) is 0 Å². The van der Waals surface area contributed by atoms with Crippen molar-refractivity contribution in [1.82, 2.24) is 4.98 Å². The first-order valence-electron chi connectivity index (χ1n) is 11.7. The van der Waals surface area contributed by atoms with Crippen LogP contribution in [0.25, 0.3) is 16.0 Å². The maximum absolute atomic E-state index is 13.4. The van der Waals surface area contributed by atoms with Crippen LogP contribution in [0.4, 0.5) is 5.13 Å². The van der Waals surface area contributed by atoms with Crippen LogP contribution >= 0.6 is 33.9 Å². The van der Waals surface area contributed by atoms with Crippen LogP contribution in [0.3, 0.4) is 0 Å². The minimum absolute atomic E-state index is 0.0182. The molecule has 1 aliphatic heterocycles. The van der Waals surface area contributed by atoms with Gasteiger partial charge >= 0.3 is 5.91 Å². The SMILES string of the molecule is CCOc1ccc(C(O)=C2C(=O)C(=O)N(c3nc4ccc(OCC)cc4s3)C2c2ccc(I)cc2)cc1. The summed E-state index contributed by atoms with van der Waals surface area (Å²) in [6.45, 7) is 4.84. The van der Waals surface area contributed by atoms with E-state index in [0.717, 1.165) is 8.27 Å². The molecule has 0 bridgehead atoms. The molecule has 0 saturated carbocycles. The van der Waals surface area contributed by atoms with Crippen molar-refractivity contribution in [3.05, 3.63) is 87.0 Å². The average molecular weight is 626 g/mol. The number of benzene rings is 3. The Labute approximate surface area is 231 Å². The van der Waals surface area contributed by atoms with E-state index in [-0.39, 0.29) is 11.3 Å². The van der Waals surface area contributed by atoms with Crippen LogP contribution in [0.1, 0.15) is 31.0 Å². The molecule has 7 nitrogen and oxygen atoms in total. The molecule has 2 heterocycles. The van der Waals surface area contributed by atoms with Crippen molar-refractivity contribution in [1.29, 1.82) is 0 Å². The van der Waals surface area contributed by atoms with Gasteiger partial charge in [0.1, 0.15) is 17.3 Å². The summed E-state index contributed by atoms with van der Waals surface area (Å²) in [5, 5.41) is 11.7. The molecular weight excluding hydrogens is 603 g/mol. The molecule has 1 N–H and O–H groups in total. The molecular formula is C28H23IN2O5S. The summed E-state index contributed by atoms with van der Waals surface area (Å²) in [7, 11) is 0. The fourth-order valence-electron chi connectivity index (χ4n) is 4.27. The molecule has 0 spiro atoms. The van der Waals surface area contributed by atoms with Crippen LogP contribution in [-0.2, 0) is 9.59 Å². The standard InChI is InChI=1S/C28H23IN2O5S/c1-3-35-19-11-7-17(8-12-19)25(32)23-24(16-5-9-18(29)10-6-16)31(27(34)26(23)33)28-30-21-14-13-20(36-4-2)15-22(21)37-28/h5-15,24,32H,3-4H2,1-2H3. The number of aliphatic hydroxyl groups excluding tert-OH is 1. The van der Waals surface area contributed by atoms with Gasteiger partial charge in [0.25, 0.3) is 5.78 Å². The second-order valence-corrected chi connectivity index (χ2v) is 10.5. The highest BCUT2D eigenvalue weighted by Crippen LogP contribution is 2.44. The number of ketones is 1. The second kappa shape index (κ2) is 10.5. The van der Waals surface area contributed by atoms with Gasteiger partial charge in [-0.2, -0.15) is 0 Å². The predicted octanol–water partition coefficient (Wildman–Crippen LogP) is 6.32. The third-order valence-electron chi connectivity index (χ3n) is 5.93. The fraction of sp³-hybridized carbons (Fsp3) is 0.179. The molecule has 1 aromatic heterocycles. The molecule has 1 unspecified atom stereocenters. The van der Waals surface area contributed by atoms with Crippen molar-refractivity contribution in [2.24, 2.45) is 0 Å². The third kappa shape index (κ3) is 4.80. The molecule has 0 radical (unpaired) electrons. The summed E-state index contributed by atoms with van der Waals surface area (Å²) in [6, 6.07) is 19.0. The smallest absolute Gasteiger partial charge is 0.301 e. The van der Waals surface area contributed by atoms with Gasteiger partial charge in [-0.25, -0.2) is 4.98 Å². The molecule has 188 valence electrons. The zero-order valence-corrected chi connectivity index (χ0v) is 23.1. The quantitative estimate of drug-likeness (QED) is 0.112. The second-order valence-electron chi connectivity index (χ2n) is 8.24. The number of thiazole rings is 1. The highest BCUT2D eigenvalue weighted by atomic mass is 127. The first-order valence-corrected chi connectivity index (χ1v) is 13.6. The lowest BCUT2D eigenvalue weighted by Crippen LogP contribution is -2.29. The maximum Gasteiger partial charge on any atom is 0.301 e. The first kappa shape index (κ1) is 25.2. The van der Waals surface area contributed by atoms with E-state index in [1.165, 1.54) is 16.2 Å². The van der Waals surface area contributed by atoms with E-state index in [1.54, 1.807) is 24.3 Å². The Bertz CT molecular complexity index is 1510. The highest BCUT2D eigenvalue weighted by molar-refractivity contribution is 14.1. The lowest BCUT2D eigenvalue weighted by molar-refractivity contribution is -0.132. The molecule has 0 aliphatic carbocycles. The number of carbonyl (C=O) groups is 2. The molecule has 1 saturated heterocycles. The Balaban J connectivity index is 1.65. The summed E-state index contributed by atoms with van der Waals surface area (Å²) in [6.07, 6.45) is 0. The number of nitrogens with zero attached hydrogens (tertiary/aromatic N) is 2. The van der Waals surface area contributed by atoms with E-state index in [2.05, 4.69) is 27.6 Å². The lowest BCUT2D eigenvalue weighted by Gasteiger charge is -2.23. The number of aromatic nitrogens is 1. The Kier molecular flexibility index (Phi) is 7.16. The van der Waals surface area contributed by atoms with E-state index in [1.807, 2.05) is 56.3 Å². The number of hydrogen-bond donors (Lipinski definition) is 1. The van der Waals surface area contributed by atoms with Gasteiger partial charge in [-0.15, -0.1) is 0 Å². The van der Waals surface area contributed by atoms with Gasteiger partial charge in [0, 0.05) is 9.13 Å². The van der Waals surface area contributed by atoms with Crippen molar-refractivity contribution in [2.45, 2.75) is 19.9 Å². The van der Waals surface area contributed by atoms with E-state index >= 15 is 0 Å². The van der Waals surface area contributed by atoms with Crippen LogP contribution in [0.15, 0.2) is 72.3 Å². The van der Waals surface area contributed by atoms with Crippen LogP contribution < -0.4 is 14.4 Å². The summed E-state index contributed by atoms with van der Waals surface area (Å²) >= 11 is 3.50. The molecule has 1 fully saturated rings. The minimum atomic E-state index is -0.838. The molecule has 3 aromatic carbocycles. The molecule has 1 amide bonds. The zero-order valence-electron chi connectivity index (χ0n) is 20.1. The number of carbonyl (C=O) groups excluding carboxylic acids is 2. The van der Waals surface area contributed by atoms with E-state index in [0.29, 0.717) is 46.5 Å². The number of ether oxygens (including phenoxy) is 2. The average Bonchev–Trinajstić information content (AvgIpc) is 3.43. The van der Waals surface area contributed by atoms with Crippen molar-refractivity contribution in [2.75, 3.05) is 18.1 Å². The van der Waals surface area contributed by atoms with E-state index in [9.17, 15) is 14.7 Å². The zero-order chi connectivity index (χ0) is 26.1. The Hall–Kier alpha value is -3.44. The third-order valence-corrected chi connectivity index (χ3v) is 7.67. The number of aliphatic hydroxyl groups is 1. The van der Waals surface area contributed by atoms with Gasteiger partial charge < -0.3 is 14.6 Å². The number of hydrogen-bond acceptors (Lipinski definition) is 7. The van der Waals surface area contributed by atoms with Crippen molar-refractivity contribution in [3.8, 4) is 11.5 Å². The molecule has 1 atom stereocenters. The van der Waals surface area contributed by atoms with Gasteiger partial charge in [-0.1, -0.05) is 23.5 Å². The topological polar surface area (TPSA) is 89.0 Å². The minimum Gasteiger partial charge on any atom is -0.507 e.